The van der Waals surface area contributed by atoms with E-state index in [4.69, 9.17) is 0 Å². The zero-order chi connectivity index (χ0) is 23.9. The quantitative estimate of drug-likeness (QED) is 0.362. The van der Waals surface area contributed by atoms with E-state index in [2.05, 4.69) is 22.4 Å². The van der Waals surface area contributed by atoms with Crippen molar-refractivity contribution < 1.29 is 18.0 Å². The topological polar surface area (TPSA) is 59.8 Å². The van der Waals surface area contributed by atoms with E-state index in [1.165, 1.54) is 43.2 Å². The molecule has 1 heterocycles. The van der Waals surface area contributed by atoms with Gasteiger partial charge in [-0.05, 0) is 87.0 Å². The Hall–Kier alpha value is -2.03. The lowest BCUT2D eigenvalue weighted by Crippen LogP contribution is -2.53. The van der Waals surface area contributed by atoms with Crippen LogP contribution in [0.3, 0.4) is 0 Å². The second-order valence-corrected chi connectivity index (χ2v) is 11.4. The molecule has 4 bridgehead atoms. The molecule has 0 atom stereocenters. The molecule has 1 aromatic carbocycles. The van der Waals surface area contributed by atoms with Crippen LogP contribution in [0, 0.1) is 23.2 Å². The lowest BCUT2D eigenvalue weighted by molar-refractivity contribution is -0.146. The van der Waals surface area contributed by atoms with Crippen molar-refractivity contribution in [1.29, 1.82) is 0 Å². The van der Waals surface area contributed by atoms with Crippen molar-refractivity contribution in [3.63, 3.8) is 0 Å². The molecule has 9 heteroatoms. The van der Waals surface area contributed by atoms with Crippen LogP contribution in [0.2, 0.25) is 0 Å². The molecule has 4 aliphatic carbocycles. The van der Waals surface area contributed by atoms with E-state index in [1.807, 2.05) is 0 Å². The summed E-state index contributed by atoms with van der Waals surface area (Å²) >= 11 is 1.53. The molecule has 4 aliphatic rings. The molecule has 0 spiro atoms. The van der Waals surface area contributed by atoms with Crippen molar-refractivity contribution in [2.75, 3.05) is 5.75 Å². The van der Waals surface area contributed by atoms with Crippen molar-refractivity contribution in [1.82, 2.24) is 20.1 Å². The molecule has 0 aliphatic heterocycles. The highest BCUT2D eigenvalue weighted by Gasteiger charge is 2.54. The summed E-state index contributed by atoms with van der Waals surface area (Å²) in [5.74, 6) is 3.51. The monoisotopic (exact) mass is 492 g/mol. The number of nitrogens with zero attached hydrogens (tertiary/aromatic N) is 3. The molecular weight excluding hydrogens is 461 g/mol. The summed E-state index contributed by atoms with van der Waals surface area (Å²) in [6.45, 7) is 2.31. The third-order valence-corrected chi connectivity index (χ3v) is 8.82. The Bertz CT molecular complexity index is 998. The first kappa shape index (κ1) is 23.7. The highest BCUT2D eigenvalue weighted by Crippen LogP contribution is 2.60. The first-order valence-electron chi connectivity index (χ1n) is 12.3. The standard InChI is InChI=1S/C25H31F3N4OS/c1-2-3-8-34-23-31-30-21(32(23)20-6-4-19(5-7-20)25(26,27)28)15-29-22(33)24-12-16-9-17(13-24)11-18(10-16)14-24/h4-7,16-18H,2-3,8-15H2,1H3,(H,29,33). The van der Waals surface area contributed by atoms with Crippen molar-refractivity contribution in [2.24, 2.45) is 23.2 Å². The lowest BCUT2D eigenvalue weighted by Gasteiger charge is -2.55. The fourth-order valence-electron chi connectivity index (χ4n) is 6.61. The van der Waals surface area contributed by atoms with Gasteiger partial charge in [0.25, 0.3) is 0 Å². The lowest BCUT2D eigenvalue weighted by atomic mass is 9.49. The normalized spacial score (nSPS) is 27.8. The van der Waals surface area contributed by atoms with Gasteiger partial charge >= 0.3 is 6.18 Å². The Morgan fingerprint density at radius 1 is 1.09 bits per heavy atom. The van der Waals surface area contributed by atoms with Gasteiger partial charge in [-0.25, -0.2) is 0 Å². The van der Waals surface area contributed by atoms with Crippen LogP contribution in [0.4, 0.5) is 13.2 Å². The van der Waals surface area contributed by atoms with E-state index in [0.29, 0.717) is 34.4 Å². The SMILES string of the molecule is CCCCSc1nnc(CNC(=O)C23CC4CC(CC(C4)C2)C3)n1-c1ccc(C(F)(F)F)cc1. The summed E-state index contributed by atoms with van der Waals surface area (Å²) in [5, 5.41) is 12.4. The maximum Gasteiger partial charge on any atom is 0.416 e. The number of aromatic nitrogens is 3. The fourth-order valence-corrected chi connectivity index (χ4v) is 7.66. The van der Waals surface area contributed by atoms with Gasteiger partial charge in [0.1, 0.15) is 0 Å². The van der Waals surface area contributed by atoms with Crippen LogP contribution in [0.15, 0.2) is 29.4 Å². The van der Waals surface area contributed by atoms with Crippen LogP contribution in [-0.2, 0) is 17.5 Å². The van der Waals surface area contributed by atoms with Crippen molar-refractivity contribution in [3.05, 3.63) is 35.7 Å². The fraction of sp³-hybridized carbons (Fsp3) is 0.640. The molecule has 4 saturated carbocycles. The van der Waals surface area contributed by atoms with Gasteiger partial charge in [0.2, 0.25) is 5.91 Å². The molecule has 34 heavy (non-hydrogen) atoms. The average Bonchev–Trinajstić information content (AvgIpc) is 3.19. The Morgan fingerprint density at radius 2 is 1.71 bits per heavy atom. The molecule has 6 rings (SSSR count). The largest absolute Gasteiger partial charge is 0.416 e. The maximum absolute atomic E-state index is 13.4. The van der Waals surface area contributed by atoms with Gasteiger partial charge in [-0.1, -0.05) is 25.1 Å². The molecule has 0 saturated heterocycles. The van der Waals surface area contributed by atoms with Crippen LogP contribution >= 0.6 is 11.8 Å². The number of hydrogen-bond acceptors (Lipinski definition) is 4. The van der Waals surface area contributed by atoms with Gasteiger partial charge < -0.3 is 5.32 Å². The van der Waals surface area contributed by atoms with Crippen molar-refractivity contribution in [3.8, 4) is 5.69 Å². The minimum Gasteiger partial charge on any atom is -0.348 e. The van der Waals surface area contributed by atoms with Gasteiger partial charge in [-0.15, -0.1) is 10.2 Å². The molecule has 0 radical (unpaired) electrons. The molecular formula is C25H31F3N4OS. The summed E-state index contributed by atoms with van der Waals surface area (Å²) in [6, 6.07) is 5.04. The summed E-state index contributed by atoms with van der Waals surface area (Å²) in [6.07, 6.45) is 4.40. The van der Waals surface area contributed by atoms with E-state index in [1.54, 1.807) is 4.57 Å². The minimum absolute atomic E-state index is 0.105. The van der Waals surface area contributed by atoms with Crippen molar-refractivity contribution in [2.45, 2.75) is 76.2 Å². The average molecular weight is 493 g/mol. The number of rotatable bonds is 8. The number of carbonyl (C=O) groups excluding carboxylic acids is 1. The van der Waals surface area contributed by atoms with Gasteiger partial charge in [-0.2, -0.15) is 13.2 Å². The number of hydrogen-bond donors (Lipinski definition) is 1. The second-order valence-electron chi connectivity index (χ2n) is 10.4. The highest BCUT2D eigenvalue weighted by atomic mass is 32.2. The highest BCUT2D eigenvalue weighted by molar-refractivity contribution is 7.99. The van der Waals surface area contributed by atoms with Crippen LogP contribution in [-0.4, -0.2) is 26.4 Å². The van der Waals surface area contributed by atoms with E-state index >= 15 is 0 Å². The number of carbonyl (C=O) groups is 1. The van der Waals surface area contributed by atoms with Crippen molar-refractivity contribution >= 4 is 17.7 Å². The summed E-state index contributed by atoms with van der Waals surface area (Å²) in [5.41, 5.74) is -0.385. The third kappa shape index (κ3) is 4.60. The van der Waals surface area contributed by atoms with Crippen LogP contribution < -0.4 is 5.32 Å². The van der Waals surface area contributed by atoms with Crippen LogP contribution in [0.5, 0.6) is 0 Å². The number of unbranched alkanes of at least 4 members (excludes halogenated alkanes) is 1. The molecule has 1 aromatic heterocycles. The Balaban J connectivity index is 1.35. The van der Waals surface area contributed by atoms with E-state index in [0.717, 1.165) is 50.0 Å². The van der Waals surface area contributed by atoms with Gasteiger partial charge in [-0.3, -0.25) is 9.36 Å². The first-order valence-corrected chi connectivity index (χ1v) is 13.3. The van der Waals surface area contributed by atoms with E-state index < -0.39 is 11.7 Å². The Morgan fingerprint density at radius 3 is 2.26 bits per heavy atom. The second kappa shape index (κ2) is 9.21. The van der Waals surface area contributed by atoms with Gasteiger partial charge in [0.05, 0.1) is 12.1 Å². The number of benzene rings is 1. The Kier molecular flexibility index (Phi) is 6.42. The van der Waals surface area contributed by atoms with E-state index in [9.17, 15) is 18.0 Å². The zero-order valence-corrected chi connectivity index (χ0v) is 20.2. The van der Waals surface area contributed by atoms with E-state index in [-0.39, 0.29) is 17.9 Å². The van der Waals surface area contributed by atoms with Gasteiger partial charge in [0, 0.05) is 16.9 Å². The zero-order valence-electron chi connectivity index (χ0n) is 19.4. The minimum atomic E-state index is -4.39. The summed E-state index contributed by atoms with van der Waals surface area (Å²) < 4.78 is 41.0. The molecule has 1 N–H and O–H groups in total. The predicted molar refractivity (Wildman–Crippen MR) is 124 cm³/mol. The number of amides is 1. The molecule has 2 aromatic rings. The number of halogens is 3. The van der Waals surface area contributed by atoms with Crippen LogP contribution in [0.25, 0.3) is 5.69 Å². The third-order valence-electron chi connectivity index (χ3n) is 7.81. The number of nitrogens with one attached hydrogen (secondary N) is 1. The Labute approximate surface area is 202 Å². The number of alkyl halides is 3. The van der Waals surface area contributed by atoms with Crippen LogP contribution in [0.1, 0.15) is 69.7 Å². The van der Waals surface area contributed by atoms with Gasteiger partial charge in [0.15, 0.2) is 11.0 Å². The smallest absolute Gasteiger partial charge is 0.348 e. The summed E-state index contributed by atoms with van der Waals surface area (Å²) in [7, 11) is 0. The number of thioether (sulfide) groups is 1. The molecule has 4 fully saturated rings. The predicted octanol–water partition coefficient (Wildman–Crippen LogP) is 6.01. The first-order chi connectivity index (χ1) is 16.3. The molecule has 1 amide bonds. The summed E-state index contributed by atoms with van der Waals surface area (Å²) in [4.78, 5) is 13.4. The maximum atomic E-state index is 13.4. The molecule has 184 valence electrons. The molecule has 5 nitrogen and oxygen atoms in total. The molecule has 0 unspecified atom stereocenters.